The largest absolute Gasteiger partial charge is 0.393 e. The molecule has 2 rings (SSSR count). The fraction of sp³-hybridized carbons (Fsp3) is 0.636. The third kappa shape index (κ3) is 3.04. The molecule has 1 aromatic rings. The Kier molecular flexibility index (Phi) is 3.75. The number of nitrogens with one attached hydrogen (secondary N) is 2. The molecule has 2 atom stereocenters. The third-order valence-electron chi connectivity index (χ3n) is 3.15. The SMILES string of the molecule is Cc1nc(NN)cc(NCC2CCCC2O)n1. The van der Waals surface area contributed by atoms with E-state index in [2.05, 4.69) is 20.7 Å². The summed E-state index contributed by atoms with van der Waals surface area (Å²) in [5, 5.41) is 12.9. The number of anilines is 2. The van der Waals surface area contributed by atoms with Crippen molar-refractivity contribution in [2.45, 2.75) is 32.3 Å². The number of aromatic nitrogens is 2. The second kappa shape index (κ2) is 5.29. The fourth-order valence-electron chi connectivity index (χ4n) is 2.22. The minimum Gasteiger partial charge on any atom is -0.393 e. The number of hydrogen-bond donors (Lipinski definition) is 4. The number of aryl methyl sites for hydroxylation is 1. The van der Waals surface area contributed by atoms with Crippen LogP contribution < -0.4 is 16.6 Å². The highest BCUT2D eigenvalue weighted by Crippen LogP contribution is 2.25. The zero-order valence-electron chi connectivity index (χ0n) is 9.98. The van der Waals surface area contributed by atoms with E-state index in [4.69, 9.17) is 5.84 Å². The van der Waals surface area contributed by atoms with Gasteiger partial charge in [0.2, 0.25) is 0 Å². The molecule has 0 amide bonds. The molecule has 0 aromatic carbocycles. The summed E-state index contributed by atoms with van der Waals surface area (Å²) in [5.41, 5.74) is 2.50. The Bertz CT molecular complexity index is 384. The zero-order valence-corrected chi connectivity index (χ0v) is 9.98. The summed E-state index contributed by atoms with van der Waals surface area (Å²) in [6.07, 6.45) is 2.90. The average molecular weight is 237 g/mol. The molecule has 1 fully saturated rings. The molecule has 1 aromatic heterocycles. The average Bonchev–Trinajstić information content (AvgIpc) is 2.71. The van der Waals surface area contributed by atoms with Gasteiger partial charge in [-0.3, -0.25) is 0 Å². The van der Waals surface area contributed by atoms with Gasteiger partial charge in [-0.05, 0) is 19.8 Å². The standard InChI is InChI=1S/C11H19N5O/c1-7-14-10(5-11(15-7)16-12)13-6-8-3-2-4-9(8)17/h5,8-9,17H,2-4,6,12H2,1H3,(H2,13,14,15,16). The lowest BCUT2D eigenvalue weighted by Crippen LogP contribution is -2.22. The van der Waals surface area contributed by atoms with Crippen molar-refractivity contribution in [1.82, 2.24) is 9.97 Å². The van der Waals surface area contributed by atoms with Gasteiger partial charge < -0.3 is 15.8 Å². The number of hydrogen-bond acceptors (Lipinski definition) is 6. The van der Waals surface area contributed by atoms with Crippen LogP contribution >= 0.6 is 0 Å². The van der Waals surface area contributed by atoms with Gasteiger partial charge in [0, 0.05) is 18.5 Å². The number of rotatable bonds is 4. The number of hydrazine groups is 1. The minimum absolute atomic E-state index is 0.183. The maximum Gasteiger partial charge on any atom is 0.145 e. The van der Waals surface area contributed by atoms with E-state index in [-0.39, 0.29) is 6.10 Å². The van der Waals surface area contributed by atoms with E-state index in [1.165, 1.54) is 0 Å². The molecule has 0 radical (unpaired) electrons. The molecule has 2 unspecified atom stereocenters. The zero-order chi connectivity index (χ0) is 12.3. The summed E-state index contributed by atoms with van der Waals surface area (Å²) in [6, 6.07) is 1.76. The van der Waals surface area contributed by atoms with Gasteiger partial charge >= 0.3 is 0 Å². The first-order valence-electron chi connectivity index (χ1n) is 5.93. The maximum atomic E-state index is 9.72. The lowest BCUT2D eigenvalue weighted by molar-refractivity contribution is 0.138. The summed E-state index contributed by atoms with van der Waals surface area (Å²) < 4.78 is 0. The normalized spacial score (nSPS) is 23.7. The van der Waals surface area contributed by atoms with Crippen molar-refractivity contribution in [2.75, 3.05) is 17.3 Å². The molecule has 1 heterocycles. The van der Waals surface area contributed by atoms with Gasteiger partial charge in [-0.1, -0.05) is 6.42 Å². The molecule has 17 heavy (non-hydrogen) atoms. The van der Waals surface area contributed by atoms with Crippen molar-refractivity contribution in [1.29, 1.82) is 0 Å². The fourth-order valence-corrected chi connectivity index (χ4v) is 2.22. The van der Waals surface area contributed by atoms with Crippen molar-refractivity contribution < 1.29 is 5.11 Å². The van der Waals surface area contributed by atoms with Crippen LogP contribution in [0.5, 0.6) is 0 Å². The van der Waals surface area contributed by atoms with E-state index in [0.717, 1.165) is 31.6 Å². The Morgan fingerprint density at radius 1 is 1.41 bits per heavy atom. The van der Waals surface area contributed by atoms with Crippen LogP contribution in [0.4, 0.5) is 11.6 Å². The molecule has 6 heteroatoms. The second-order valence-corrected chi connectivity index (χ2v) is 4.47. The lowest BCUT2D eigenvalue weighted by atomic mass is 10.1. The van der Waals surface area contributed by atoms with Gasteiger partial charge in [-0.2, -0.15) is 0 Å². The predicted molar refractivity (Wildman–Crippen MR) is 66.4 cm³/mol. The topological polar surface area (TPSA) is 96.1 Å². The molecule has 0 aliphatic heterocycles. The molecular formula is C11H19N5O. The summed E-state index contributed by atoms with van der Waals surface area (Å²) >= 11 is 0. The molecule has 1 aliphatic carbocycles. The number of nitrogens with zero attached hydrogens (tertiary/aromatic N) is 2. The minimum atomic E-state index is -0.183. The van der Waals surface area contributed by atoms with Crippen LogP contribution in [0.15, 0.2) is 6.07 Å². The van der Waals surface area contributed by atoms with Crippen molar-refractivity contribution in [3.63, 3.8) is 0 Å². The van der Waals surface area contributed by atoms with Gasteiger partial charge in [0.15, 0.2) is 0 Å². The molecule has 1 saturated carbocycles. The molecule has 1 aliphatic rings. The van der Waals surface area contributed by atoms with Crippen LogP contribution in [0, 0.1) is 12.8 Å². The Morgan fingerprint density at radius 3 is 2.82 bits per heavy atom. The van der Waals surface area contributed by atoms with Crippen LogP contribution in [0.2, 0.25) is 0 Å². The van der Waals surface area contributed by atoms with Gasteiger partial charge in [0.05, 0.1) is 6.10 Å². The monoisotopic (exact) mass is 237 g/mol. The van der Waals surface area contributed by atoms with Gasteiger partial charge in [-0.25, -0.2) is 15.8 Å². The van der Waals surface area contributed by atoms with E-state index >= 15 is 0 Å². The first-order valence-corrected chi connectivity index (χ1v) is 5.93. The van der Waals surface area contributed by atoms with Crippen molar-refractivity contribution in [3.05, 3.63) is 11.9 Å². The molecule has 0 bridgehead atoms. The first-order chi connectivity index (χ1) is 8.19. The summed E-state index contributed by atoms with van der Waals surface area (Å²) in [5.74, 6) is 7.63. The Balaban J connectivity index is 1.96. The van der Waals surface area contributed by atoms with Crippen molar-refractivity contribution in [3.8, 4) is 0 Å². The number of nitrogen functional groups attached to an aromatic ring is 1. The summed E-state index contributed by atoms with van der Waals surface area (Å²) in [7, 11) is 0. The highest BCUT2D eigenvalue weighted by Gasteiger charge is 2.24. The van der Waals surface area contributed by atoms with Crippen molar-refractivity contribution in [2.24, 2.45) is 11.8 Å². The molecule has 6 nitrogen and oxygen atoms in total. The van der Waals surface area contributed by atoms with Gasteiger partial charge in [-0.15, -0.1) is 0 Å². The Morgan fingerprint density at radius 2 is 2.18 bits per heavy atom. The number of aliphatic hydroxyl groups excluding tert-OH is 1. The highest BCUT2D eigenvalue weighted by atomic mass is 16.3. The maximum absolute atomic E-state index is 9.72. The van der Waals surface area contributed by atoms with Crippen LogP contribution in [-0.4, -0.2) is 27.7 Å². The van der Waals surface area contributed by atoms with Gasteiger partial charge in [0.25, 0.3) is 0 Å². The summed E-state index contributed by atoms with van der Waals surface area (Å²) in [4.78, 5) is 8.38. The lowest BCUT2D eigenvalue weighted by Gasteiger charge is -2.15. The van der Waals surface area contributed by atoms with Crippen LogP contribution in [0.1, 0.15) is 25.1 Å². The van der Waals surface area contributed by atoms with Crippen LogP contribution in [0.25, 0.3) is 0 Å². The van der Waals surface area contributed by atoms with Crippen LogP contribution in [-0.2, 0) is 0 Å². The number of aliphatic hydroxyl groups is 1. The molecule has 94 valence electrons. The first kappa shape index (κ1) is 12.1. The molecule has 5 N–H and O–H groups in total. The smallest absolute Gasteiger partial charge is 0.145 e. The van der Waals surface area contributed by atoms with E-state index in [1.807, 2.05) is 6.92 Å². The van der Waals surface area contributed by atoms with E-state index in [9.17, 15) is 5.11 Å². The Hall–Kier alpha value is -1.40. The molecule has 0 saturated heterocycles. The molecule has 0 spiro atoms. The van der Waals surface area contributed by atoms with Crippen LogP contribution in [0.3, 0.4) is 0 Å². The third-order valence-corrected chi connectivity index (χ3v) is 3.15. The van der Waals surface area contributed by atoms with Crippen molar-refractivity contribution >= 4 is 11.6 Å². The quantitative estimate of drug-likeness (QED) is 0.453. The van der Waals surface area contributed by atoms with E-state index in [0.29, 0.717) is 17.6 Å². The molecular weight excluding hydrogens is 218 g/mol. The predicted octanol–water partition coefficient (Wildman–Crippen LogP) is 0.644. The highest BCUT2D eigenvalue weighted by molar-refractivity contribution is 5.46. The Labute approximate surface area is 101 Å². The second-order valence-electron chi connectivity index (χ2n) is 4.47. The van der Waals surface area contributed by atoms with E-state index in [1.54, 1.807) is 6.07 Å². The number of nitrogens with two attached hydrogens (primary N) is 1. The van der Waals surface area contributed by atoms with E-state index < -0.39 is 0 Å². The summed E-state index contributed by atoms with van der Waals surface area (Å²) in [6.45, 7) is 2.55. The van der Waals surface area contributed by atoms with Gasteiger partial charge in [0.1, 0.15) is 17.5 Å².